The highest BCUT2D eigenvalue weighted by Gasteiger charge is 2.16. The van der Waals surface area contributed by atoms with Crippen LogP contribution in [0.15, 0.2) is 12.1 Å². The van der Waals surface area contributed by atoms with Gasteiger partial charge in [0.25, 0.3) is 5.69 Å². The first-order chi connectivity index (χ1) is 8.72. The molecule has 0 spiro atoms. The van der Waals surface area contributed by atoms with Crippen LogP contribution >= 0.6 is 0 Å². The van der Waals surface area contributed by atoms with E-state index >= 15 is 0 Å². The minimum absolute atomic E-state index is 0.236. The molecule has 1 aromatic rings. The van der Waals surface area contributed by atoms with Crippen molar-refractivity contribution in [1.82, 2.24) is 0 Å². The molecule has 1 aliphatic rings. The fourth-order valence-electron chi connectivity index (χ4n) is 2.73. The number of benzene rings is 1. The molecule has 0 aromatic heterocycles. The Balaban J connectivity index is 2.44. The lowest BCUT2D eigenvalue weighted by atomic mass is 9.94. The number of fused-ring (bicyclic) bond motifs is 2. The number of nitrogens with one attached hydrogen (secondary N) is 1. The molecule has 98 valence electrons. The van der Waals surface area contributed by atoms with E-state index in [1.807, 2.05) is 7.05 Å². The largest absolute Gasteiger partial charge is 0.388 e. The van der Waals surface area contributed by atoms with Gasteiger partial charge in [0.1, 0.15) is 0 Å². The Morgan fingerprint density at radius 1 is 1.06 bits per heavy atom. The second-order valence-electron chi connectivity index (χ2n) is 4.91. The zero-order valence-electron chi connectivity index (χ0n) is 10.9. The Kier molecular flexibility index (Phi) is 4.18. The lowest BCUT2D eigenvalue weighted by Crippen LogP contribution is -2.04. The molecule has 0 unspecified atom stereocenters. The average Bonchev–Trinajstić information content (AvgIpc) is 2.36. The summed E-state index contributed by atoms with van der Waals surface area (Å²) in [6.07, 6.45) is 7.84. The summed E-state index contributed by atoms with van der Waals surface area (Å²) >= 11 is 0. The van der Waals surface area contributed by atoms with E-state index in [0.717, 1.165) is 42.5 Å². The molecule has 4 heteroatoms. The van der Waals surface area contributed by atoms with Crippen molar-refractivity contribution in [3.8, 4) is 0 Å². The molecule has 0 saturated heterocycles. The van der Waals surface area contributed by atoms with Crippen molar-refractivity contribution >= 4 is 11.4 Å². The van der Waals surface area contributed by atoms with Crippen molar-refractivity contribution in [3.05, 3.63) is 33.4 Å². The molecular weight excluding hydrogens is 228 g/mol. The zero-order chi connectivity index (χ0) is 13.0. The van der Waals surface area contributed by atoms with Gasteiger partial charge in [0, 0.05) is 24.9 Å². The number of anilines is 1. The highest BCUT2D eigenvalue weighted by atomic mass is 16.6. The molecule has 0 saturated carbocycles. The monoisotopic (exact) mass is 248 g/mol. The summed E-state index contributed by atoms with van der Waals surface area (Å²) < 4.78 is 0. The van der Waals surface area contributed by atoms with Crippen LogP contribution in [0.3, 0.4) is 0 Å². The van der Waals surface area contributed by atoms with Gasteiger partial charge in [-0.1, -0.05) is 19.3 Å². The van der Waals surface area contributed by atoms with E-state index < -0.39 is 0 Å². The van der Waals surface area contributed by atoms with Gasteiger partial charge in [-0.25, -0.2) is 0 Å². The van der Waals surface area contributed by atoms with Crippen molar-refractivity contribution in [2.24, 2.45) is 0 Å². The summed E-state index contributed by atoms with van der Waals surface area (Å²) in [4.78, 5) is 10.7. The Bertz CT molecular complexity index is 414. The highest BCUT2D eigenvalue weighted by Crippen LogP contribution is 2.31. The summed E-state index contributed by atoms with van der Waals surface area (Å²) in [5, 5.41) is 14.2. The number of aryl methyl sites for hydroxylation is 2. The molecule has 1 aromatic carbocycles. The van der Waals surface area contributed by atoms with Crippen LogP contribution in [0.25, 0.3) is 0 Å². The summed E-state index contributed by atoms with van der Waals surface area (Å²) in [7, 11) is 1.90. The van der Waals surface area contributed by atoms with Crippen molar-refractivity contribution in [2.75, 3.05) is 12.4 Å². The predicted molar refractivity (Wildman–Crippen MR) is 73.1 cm³/mol. The van der Waals surface area contributed by atoms with Crippen LogP contribution in [0, 0.1) is 10.1 Å². The molecule has 0 aliphatic heterocycles. The maximum absolute atomic E-state index is 11.0. The quantitative estimate of drug-likeness (QED) is 0.641. The number of hydrogen-bond donors (Lipinski definition) is 1. The third-order valence-electron chi connectivity index (χ3n) is 3.64. The Hall–Kier alpha value is -1.58. The second kappa shape index (κ2) is 5.85. The third kappa shape index (κ3) is 2.81. The smallest absolute Gasteiger partial charge is 0.270 e. The molecule has 1 aliphatic carbocycles. The molecule has 4 nitrogen and oxygen atoms in total. The van der Waals surface area contributed by atoms with Crippen LogP contribution in [0.2, 0.25) is 0 Å². The molecule has 1 N–H and O–H groups in total. The van der Waals surface area contributed by atoms with Gasteiger partial charge in [0.2, 0.25) is 0 Å². The molecular formula is C14H20N2O2. The van der Waals surface area contributed by atoms with Gasteiger partial charge in [-0.15, -0.1) is 0 Å². The number of nitro benzene ring substituents is 1. The molecule has 0 radical (unpaired) electrons. The third-order valence-corrected chi connectivity index (χ3v) is 3.64. The molecule has 2 bridgehead atoms. The fraction of sp³-hybridized carbons (Fsp3) is 0.571. The van der Waals surface area contributed by atoms with Gasteiger partial charge in [-0.3, -0.25) is 10.1 Å². The summed E-state index contributed by atoms with van der Waals surface area (Å²) in [6.45, 7) is 0. The standard InChI is InChI=1S/C14H20N2O2/c1-15-14-11-7-5-3-2-4-6-8-12(14)10-13(9-11)16(17)18/h9-10,15H,2-8H2,1H3. The van der Waals surface area contributed by atoms with Crippen LogP contribution in [-0.4, -0.2) is 12.0 Å². The average molecular weight is 248 g/mol. The number of nitro groups is 1. The van der Waals surface area contributed by atoms with E-state index in [0.29, 0.717) is 0 Å². The van der Waals surface area contributed by atoms with Crippen molar-refractivity contribution < 1.29 is 4.92 Å². The van der Waals surface area contributed by atoms with Crippen LogP contribution in [0.4, 0.5) is 11.4 Å². The van der Waals surface area contributed by atoms with E-state index in [4.69, 9.17) is 0 Å². The van der Waals surface area contributed by atoms with Crippen LogP contribution in [0.1, 0.15) is 43.2 Å². The van der Waals surface area contributed by atoms with Gasteiger partial charge in [0.05, 0.1) is 4.92 Å². The molecule has 0 amide bonds. The van der Waals surface area contributed by atoms with Crippen LogP contribution in [-0.2, 0) is 12.8 Å². The summed E-state index contributed by atoms with van der Waals surface area (Å²) in [5.41, 5.74) is 3.55. The zero-order valence-corrected chi connectivity index (χ0v) is 10.9. The van der Waals surface area contributed by atoms with Crippen molar-refractivity contribution in [1.29, 1.82) is 0 Å². The number of non-ortho nitro benzene ring substituents is 1. The molecule has 0 atom stereocenters. The normalized spacial score (nSPS) is 16.1. The SMILES string of the molecule is CNc1c2cc([N+](=O)[O-])cc1CCCCCCC2. The number of rotatable bonds is 2. The Morgan fingerprint density at radius 2 is 1.56 bits per heavy atom. The van der Waals surface area contributed by atoms with E-state index in [-0.39, 0.29) is 10.6 Å². The topological polar surface area (TPSA) is 55.2 Å². The first-order valence-electron chi connectivity index (χ1n) is 6.70. The maximum atomic E-state index is 11.0. The van der Waals surface area contributed by atoms with Gasteiger partial charge < -0.3 is 5.32 Å². The van der Waals surface area contributed by atoms with Gasteiger partial charge in [-0.05, 0) is 36.8 Å². The first-order valence-corrected chi connectivity index (χ1v) is 6.70. The predicted octanol–water partition coefficient (Wildman–Crippen LogP) is 3.69. The lowest BCUT2D eigenvalue weighted by Gasteiger charge is -2.16. The Labute approximate surface area is 108 Å². The van der Waals surface area contributed by atoms with Crippen LogP contribution < -0.4 is 5.32 Å². The Morgan fingerprint density at radius 3 is 2.00 bits per heavy atom. The van der Waals surface area contributed by atoms with E-state index in [2.05, 4.69) is 5.32 Å². The molecule has 0 heterocycles. The van der Waals surface area contributed by atoms with E-state index in [9.17, 15) is 10.1 Å². The minimum Gasteiger partial charge on any atom is -0.388 e. The fourth-order valence-corrected chi connectivity index (χ4v) is 2.73. The highest BCUT2D eigenvalue weighted by molar-refractivity contribution is 5.62. The van der Waals surface area contributed by atoms with Crippen molar-refractivity contribution in [3.63, 3.8) is 0 Å². The van der Waals surface area contributed by atoms with Gasteiger partial charge >= 0.3 is 0 Å². The number of nitrogens with zero attached hydrogens (tertiary/aromatic N) is 1. The minimum atomic E-state index is -0.280. The molecule has 2 rings (SSSR count). The second-order valence-corrected chi connectivity index (χ2v) is 4.91. The van der Waals surface area contributed by atoms with E-state index in [1.165, 1.54) is 19.3 Å². The van der Waals surface area contributed by atoms with Crippen LogP contribution in [0.5, 0.6) is 0 Å². The first kappa shape index (κ1) is 12.9. The molecule has 18 heavy (non-hydrogen) atoms. The van der Waals surface area contributed by atoms with E-state index in [1.54, 1.807) is 12.1 Å². The number of hydrogen-bond acceptors (Lipinski definition) is 3. The van der Waals surface area contributed by atoms with Gasteiger partial charge in [0.15, 0.2) is 0 Å². The van der Waals surface area contributed by atoms with Crippen molar-refractivity contribution in [2.45, 2.75) is 44.9 Å². The maximum Gasteiger partial charge on any atom is 0.270 e. The summed E-state index contributed by atoms with van der Waals surface area (Å²) in [6, 6.07) is 3.47. The lowest BCUT2D eigenvalue weighted by molar-refractivity contribution is -0.385. The molecule has 0 fully saturated rings. The van der Waals surface area contributed by atoms with Gasteiger partial charge in [-0.2, -0.15) is 0 Å². The summed E-state index contributed by atoms with van der Waals surface area (Å²) in [5.74, 6) is 0.